The lowest BCUT2D eigenvalue weighted by Crippen LogP contribution is -2.70. The van der Waals surface area contributed by atoms with Crippen LogP contribution >= 0.6 is 0 Å². The van der Waals surface area contributed by atoms with Crippen LogP contribution in [0.25, 0.3) is 0 Å². The second-order valence-corrected chi connectivity index (χ2v) is 17.6. The Morgan fingerprint density at radius 2 is 1.70 bits per heavy atom. The molecule has 1 saturated carbocycles. The molecule has 4 aromatic rings. The quantitative estimate of drug-likeness (QED) is 0.0416. The number of amides is 1. The first kappa shape index (κ1) is 47.3. The number of unbranched alkanes of at least 4 members (excludes halogenated alkanes) is 2. The fraction of sp³-hybridized carbons (Fsp3) is 0.426. The summed E-state index contributed by atoms with van der Waals surface area (Å²) in [7, 11) is 0. The van der Waals surface area contributed by atoms with Crippen molar-refractivity contribution in [2.45, 2.75) is 95.8 Å². The molecule has 2 aliphatic carbocycles. The third-order valence-electron chi connectivity index (χ3n) is 13.2. The predicted octanol–water partition coefficient (Wildman–Crippen LogP) is 9.75. The zero-order valence-corrected chi connectivity index (χ0v) is 38.4. The SMILES string of the molecule is C=CCCOC(=O)N(Cc1ccc2c(c1)OCO2)C1CC(=NOCc2ccccc2)C2=CC(CCCCO)C(CCCCO)C3c4cc(OCc5cccc(C)n5)ccc4OC1(OCC=C)C23. The molecule has 1 fully saturated rings. The second kappa shape index (κ2) is 22.6. The van der Waals surface area contributed by atoms with Crippen LogP contribution in [-0.2, 0) is 34.1 Å². The van der Waals surface area contributed by atoms with Gasteiger partial charge in [0.15, 0.2) is 11.5 Å². The van der Waals surface area contributed by atoms with Crippen molar-refractivity contribution < 1.29 is 48.3 Å². The van der Waals surface area contributed by atoms with Crippen LogP contribution in [0.3, 0.4) is 0 Å². The summed E-state index contributed by atoms with van der Waals surface area (Å²) in [4.78, 5) is 27.5. The van der Waals surface area contributed by atoms with Crippen molar-refractivity contribution in [2.24, 2.45) is 22.9 Å². The number of hydrogen-bond acceptors (Lipinski definition) is 12. The number of pyridine rings is 1. The topological polar surface area (TPSA) is 151 Å². The number of benzene rings is 3. The number of aryl methyl sites for hydroxylation is 1. The van der Waals surface area contributed by atoms with Crippen LogP contribution in [0.4, 0.5) is 4.79 Å². The summed E-state index contributed by atoms with van der Waals surface area (Å²) in [5.41, 5.74) is 6.02. The Balaban J connectivity index is 1.31. The van der Waals surface area contributed by atoms with Crippen LogP contribution in [0.2, 0.25) is 0 Å². The number of carbonyl (C=O) groups is 1. The van der Waals surface area contributed by atoms with E-state index in [9.17, 15) is 15.0 Å². The van der Waals surface area contributed by atoms with E-state index in [1.165, 1.54) is 0 Å². The van der Waals surface area contributed by atoms with E-state index >= 15 is 0 Å². The predicted molar refractivity (Wildman–Crippen MR) is 254 cm³/mol. The molecule has 13 heteroatoms. The average molecular weight is 914 g/mol. The number of hydrogen-bond donors (Lipinski definition) is 2. The van der Waals surface area contributed by atoms with Gasteiger partial charge in [-0.1, -0.05) is 78.7 Å². The maximum absolute atomic E-state index is 14.9. The number of aliphatic hydroxyl groups is 2. The van der Waals surface area contributed by atoms with Gasteiger partial charge >= 0.3 is 6.09 Å². The number of allylic oxidation sites excluding steroid dienone is 1. The fourth-order valence-corrected chi connectivity index (χ4v) is 10.2. The molecular formula is C54H63N3O10. The number of oxime groups is 1. The van der Waals surface area contributed by atoms with Crippen molar-refractivity contribution in [2.75, 3.05) is 33.2 Å². The zero-order chi connectivity index (χ0) is 46.6. The molecule has 13 nitrogen and oxygen atoms in total. The first-order chi connectivity index (χ1) is 32.8. The van der Waals surface area contributed by atoms with Crippen LogP contribution in [0.1, 0.15) is 85.4 Å². The van der Waals surface area contributed by atoms with E-state index in [0.717, 1.165) is 59.3 Å². The molecule has 0 bridgehead atoms. The highest BCUT2D eigenvalue weighted by atomic mass is 16.7. The summed E-state index contributed by atoms with van der Waals surface area (Å²) < 4.78 is 38.6. The van der Waals surface area contributed by atoms with E-state index in [2.05, 4.69) is 30.3 Å². The molecule has 3 aromatic carbocycles. The molecule has 0 spiro atoms. The molecule has 6 unspecified atom stereocenters. The maximum Gasteiger partial charge on any atom is 0.410 e. The highest BCUT2D eigenvalue weighted by Crippen LogP contribution is 2.62. The molecule has 2 N–H and O–H groups in total. The smallest absolute Gasteiger partial charge is 0.410 e. The van der Waals surface area contributed by atoms with Crippen LogP contribution in [0.15, 0.2) is 127 Å². The van der Waals surface area contributed by atoms with E-state index in [1.54, 1.807) is 17.1 Å². The van der Waals surface area contributed by atoms with Gasteiger partial charge in [0.25, 0.3) is 0 Å². The molecule has 0 radical (unpaired) electrons. The highest BCUT2D eigenvalue weighted by molar-refractivity contribution is 6.03. The second-order valence-electron chi connectivity index (χ2n) is 17.6. The Hall–Kier alpha value is -6.15. The number of carbonyl (C=O) groups excluding carboxylic acids is 1. The summed E-state index contributed by atoms with van der Waals surface area (Å²) in [5.74, 6) is 0.289. The Bertz CT molecular complexity index is 2390. The van der Waals surface area contributed by atoms with E-state index < -0.39 is 23.8 Å². The minimum absolute atomic E-state index is 0.0223. The Labute approximate surface area is 393 Å². The third kappa shape index (κ3) is 10.9. The fourth-order valence-electron chi connectivity index (χ4n) is 10.2. The third-order valence-corrected chi connectivity index (χ3v) is 13.2. The Kier molecular flexibility index (Phi) is 15.9. The van der Waals surface area contributed by atoms with Crippen molar-refractivity contribution in [1.29, 1.82) is 0 Å². The van der Waals surface area contributed by atoms with Crippen molar-refractivity contribution >= 4 is 11.8 Å². The summed E-state index contributed by atoms with van der Waals surface area (Å²) in [6.45, 7) is 11.0. The number of rotatable bonds is 23. The van der Waals surface area contributed by atoms with Gasteiger partial charge in [0.2, 0.25) is 12.6 Å². The first-order valence-electron chi connectivity index (χ1n) is 23.6. The zero-order valence-electron chi connectivity index (χ0n) is 38.4. The minimum Gasteiger partial charge on any atom is -0.487 e. The summed E-state index contributed by atoms with van der Waals surface area (Å²) in [6.07, 6.45) is 10.4. The van der Waals surface area contributed by atoms with Crippen molar-refractivity contribution in [3.05, 3.63) is 150 Å². The maximum atomic E-state index is 14.9. The van der Waals surface area contributed by atoms with E-state index in [4.69, 9.17) is 38.4 Å². The average Bonchev–Trinajstić information content (AvgIpc) is 3.82. The summed E-state index contributed by atoms with van der Waals surface area (Å²) in [6, 6.07) is 26.5. The molecule has 2 aliphatic heterocycles. The van der Waals surface area contributed by atoms with Gasteiger partial charge in [0.05, 0.1) is 30.5 Å². The van der Waals surface area contributed by atoms with Crippen LogP contribution in [0.5, 0.6) is 23.0 Å². The molecule has 67 heavy (non-hydrogen) atoms. The molecule has 6 atom stereocenters. The van der Waals surface area contributed by atoms with Crippen molar-refractivity contribution in [3.8, 4) is 23.0 Å². The summed E-state index contributed by atoms with van der Waals surface area (Å²) >= 11 is 0. The van der Waals surface area contributed by atoms with E-state index in [1.807, 2.05) is 85.8 Å². The standard InChI is InChI=1S/C54H63N3O10/c1-4-6-28-61-53(60)57(33-39-21-23-48-49(29-39)64-36-63-48)50-32-46(56-66-34-38-16-8-7-9-17-38)44-30-40(18-10-12-25-58)43(20-11-13-26-59)51-45-31-42(62-35-41-19-14-15-37(3)55-41)22-24-47(45)67-54(50,52(44)51)65-27-5-2/h4-5,7-9,14-17,19,21-24,29-31,40,43,50-52,58-59H,1-2,6,10-13,18,20,25-28,32-36H2,3H3. The Morgan fingerprint density at radius 1 is 0.896 bits per heavy atom. The molecule has 3 heterocycles. The first-order valence-corrected chi connectivity index (χ1v) is 23.6. The largest absolute Gasteiger partial charge is 0.487 e. The van der Waals surface area contributed by atoms with Gasteiger partial charge in [-0.3, -0.25) is 9.88 Å². The molecule has 1 aromatic heterocycles. The van der Waals surface area contributed by atoms with Gasteiger partial charge in [0, 0.05) is 43.4 Å². The van der Waals surface area contributed by atoms with Gasteiger partial charge in [-0.05, 0) is 110 Å². The van der Waals surface area contributed by atoms with Gasteiger partial charge in [0.1, 0.15) is 30.8 Å². The lowest BCUT2D eigenvalue weighted by molar-refractivity contribution is -0.256. The number of aromatic nitrogens is 1. The monoisotopic (exact) mass is 913 g/mol. The Morgan fingerprint density at radius 3 is 2.49 bits per heavy atom. The van der Waals surface area contributed by atoms with Gasteiger partial charge in [-0.15, -0.1) is 13.2 Å². The molecule has 0 saturated heterocycles. The molecule has 354 valence electrons. The number of fused-ring (bicyclic) bond motifs is 3. The normalized spacial score (nSPS) is 22.7. The van der Waals surface area contributed by atoms with Crippen molar-refractivity contribution in [3.63, 3.8) is 0 Å². The molecule has 8 rings (SSSR count). The van der Waals surface area contributed by atoms with Crippen LogP contribution in [-0.4, -0.2) is 77.0 Å². The van der Waals surface area contributed by atoms with Gasteiger partial charge in [-0.2, -0.15) is 0 Å². The number of aliphatic hydroxyl groups excluding tert-OH is 2. The van der Waals surface area contributed by atoms with Crippen LogP contribution < -0.4 is 18.9 Å². The lowest BCUT2D eigenvalue weighted by atomic mass is 9.55. The van der Waals surface area contributed by atoms with Crippen LogP contribution in [0, 0.1) is 24.7 Å². The number of nitrogens with zero attached hydrogens (tertiary/aromatic N) is 3. The highest BCUT2D eigenvalue weighted by Gasteiger charge is 2.65. The molecular weight excluding hydrogens is 851 g/mol. The van der Waals surface area contributed by atoms with Gasteiger partial charge in [-0.25, -0.2) is 4.79 Å². The molecule has 1 amide bonds. The summed E-state index contributed by atoms with van der Waals surface area (Å²) in [5, 5.41) is 25.0. The van der Waals surface area contributed by atoms with Gasteiger partial charge < -0.3 is 43.5 Å². The molecule has 4 aliphatic rings. The lowest BCUT2D eigenvalue weighted by Gasteiger charge is -2.59. The minimum atomic E-state index is -1.50. The van der Waals surface area contributed by atoms with E-state index in [-0.39, 0.29) is 77.2 Å². The van der Waals surface area contributed by atoms with Crippen molar-refractivity contribution in [1.82, 2.24) is 9.88 Å². The van der Waals surface area contributed by atoms with E-state index in [0.29, 0.717) is 48.0 Å². The number of ether oxygens (including phenoxy) is 6.